The fraction of sp³-hybridized carbons (Fsp3) is 0.0545. The number of halogens is 1. The average Bonchev–Trinajstić information content (AvgIpc) is 1.57. The lowest BCUT2D eigenvalue weighted by molar-refractivity contribution is 0.00578. The Morgan fingerprint density at radius 1 is 0.213 bits per heavy atom. The number of benzene rings is 16. The summed E-state index contributed by atoms with van der Waals surface area (Å²) in [6.07, 6.45) is 7.55. The van der Waals surface area contributed by atoms with Crippen LogP contribution in [0, 0.1) is 0 Å². The molecule has 16 aromatic carbocycles. The molecule has 0 N–H and O–H groups in total. The van der Waals surface area contributed by atoms with E-state index >= 15 is 0 Å². The van der Waals surface area contributed by atoms with E-state index in [9.17, 15) is 0 Å². The molecule has 1 aliphatic heterocycles. The third-order valence-electron chi connectivity index (χ3n) is 23.1. The van der Waals surface area contributed by atoms with Crippen LogP contribution in [0.5, 0.6) is 0 Å². The van der Waals surface area contributed by atoms with Crippen molar-refractivity contribution in [3.8, 4) is 146 Å². The lowest BCUT2D eigenvalue weighted by Gasteiger charge is -2.32. The van der Waals surface area contributed by atoms with Crippen molar-refractivity contribution in [3.05, 3.63) is 418 Å². The molecule has 1 aliphatic rings. The maximum atomic E-state index is 6.15. The molecule has 1 fully saturated rings. The van der Waals surface area contributed by atoms with E-state index < -0.39 is 0 Å². The van der Waals surface area contributed by atoms with Crippen LogP contribution in [0.4, 0.5) is 0 Å². The van der Waals surface area contributed by atoms with E-state index in [-0.39, 0.29) is 18.3 Å². The predicted octanol–water partition coefficient (Wildman–Crippen LogP) is 27.6. The number of hydrogen-bond acceptors (Lipinski definition) is 10. The van der Waals surface area contributed by atoms with Crippen molar-refractivity contribution in [3.63, 3.8) is 0 Å². The highest BCUT2D eigenvalue weighted by Gasteiger charge is 2.51. The molecule has 20 aromatic rings. The molecule has 5 heterocycles. The Labute approximate surface area is 718 Å². The minimum atomic E-state index is -0.325. The number of nitrogens with zero attached hydrogens (tertiary/aromatic N) is 8. The van der Waals surface area contributed by atoms with Crippen LogP contribution in [0.2, 0.25) is 0 Å². The number of aromatic nitrogens is 8. The Morgan fingerprint density at radius 3 is 0.803 bits per heavy atom. The Hall–Kier alpha value is -14.7. The molecule has 0 atom stereocenters. The first-order valence-corrected chi connectivity index (χ1v) is 41.7. The smallest absolute Gasteiger partial charge is 0.399 e. The summed E-state index contributed by atoms with van der Waals surface area (Å²) in [7, 11) is -0.325. The van der Waals surface area contributed by atoms with Gasteiger partial charge in [-0.05, 0) is 186 Å². The highest BCUT2D eigenvalue weighted by molar-refractivity contribution is 9.10. The normalized spacial score (nSPS) is 12.7. The monoisotopic (exact) mass is 1630 g/mol. The van der Waals surface area contributed by atoms with Gasteiger partial charge in [-0.3, -0.25) is 9.97 Å². The second-order valence-corrected chi connectivity index (χ2v) is 32.4. The summed E-state index contributed by atoms with van der Waals surface area (Å²) in [5.41, 5.74) is 22.4. The van der Waals surface area contributed by atoms with Gasteiger partial charge in [0.2, 0.25) is 0 Å². The summed E-state index contributed by atoms with van der Waals surface area (Å²) in [5.74, 6) is 3.87. The van der Waals surface area contributed by atoms with Crippen LogP contribution in [0.1, 0.15) is 27.7 Å². The van der Waals surface area contributed by atoms with Crippen LogP contribution in [0.15, 0.2) is 418 Å². The topological polar surface area (TPSA) is 122 Å². The number of rotatable bonds is 14. The summed E-state index contributed by atoms with van der Waals surface area (Å²) >= 11 is 3.53. The van der Waals surface area contributed by atoms with Crippen molar-refractivity contribution >= 4 is 71.6 Å². The molecular formula is C110H80BBrN8O2. The van der Waals surface area contributed by atoms with Gasteiger partial charge in [0.05, 0.1) is 11.2 Å². The first-order valence-electron chi connectivity index (χ1n) is 40.9. The summed E-state index contributed by atoms with van der Waals surface area (Å²) in [6, 6.07) is 135. The van der Waals surface area contributed by atoms with E-state index in [0.29, 0.717) is 34.9 Å². The molecule has 12 heteroatoms. The number of pyridine rings is 2. The molecule has 4 aromatic heterocycles. The second-order valence-electron chi connectivity index (χ2n) is 31.5. The molecule has 0 bridgehead atoms. The standard InChI is InChI=1S/C52H34N4.C39H26BrN3.C19H20BNO2/c1-3-8-35(9-4-1)36-18-23-42(24-19-36)51-54-50(41-10-5-2-6-11-41)55-52(56-51)43-25-20-38(21-26-43)45-13-7-12-44(32-45)37-14-16-39(17-15-37)46-28-29-48-47(33-46)27-22-40-30-31-53-34-49(40)48;40-36-24-22-30(23-25-36)35-13-7-12-34(26-35)29-16-20-33(21-17-29)39-42-37(31-10-5-2-6-11-31)41-38(43-39)32-18-14-28(15-19-32)27-8-3-1-4-9-27;1-18(2)19(3,4)23-20(22-18)15-7-8-16-14(11-15)6-5-13-9-10-21-12-17(13)16/h1-34H;1-26H;5-12H,1-4H3. The van der Waals surface area contributed by atoms with Crippen molar-refractivity contribution in [2.24, 2.45) is 0 Å². The Morgan fingerprint density at radius 2 is 0.459 bits per heavy atom. The molecule has 0 radical (unpaired) electrons. The van der Waals surface area contributed by atoms with Crippen LogP contribution < -0.4 is 5.46 Å². The van der Waals surface area contributed by atoms with E-state index in [1.807, 2.05) is 104 Å². The van der Waals surface area contributed by atoms with Gasteiger partial charge in [0, 0.05) is 73.4 Å². The summed E-state index contributed by atoms with van der Waals surface area (Å²) < 4.78 is 13.4. The minimum Gasteiger partial charge on any atom is -0.399 e. The molecule has 1 saturated heterocycles. The van der Waals surface area contributed by atoms with Gasteiger partial charge in [-0.2, -0.15) is 0 Å². The van der Waals surface area contributed by atoms with E-state index in [1.54, 1.807) is 0 Å². The van der Waals surface area contributed by atoms with Crippen LogP contribution in [-0.2, 0) is 9.31 Å². The van der Waals surface area contributed by atoms with Gasteiger partial charge in [-0.1, -0.05) is 362 Å². The van der Waals surface area contributed by atoms with Gasteiger partial charge in [0.15, 0.2) is 34.9 Å². The lowest BCUT2D eigenvalue weighted by atomic mass is 9.78. The third-order valence-corrected chi connectivity index (χ3v) is 23.6. The first-order chi connectivity index (χ1) is 59.8. The molecule has 0 amide bonds. The fourth-order valence-corrected chi connectivity index (χ4v) is 15.9. The van der Waals surface area contributed by atoms with Gasteiger partial charge in [-0.15, -0.1) is 0 Å². The van der Waals surface area contributed by atoms with E-state index in [2.05, 4.69) is 363 Å². The molecule has 21 rings (SSSR count). The minimum absolute atomic E-state index is 0.320. The second kappa shape index (κ2) is 34.0. The van der Waals surface area contributed by atoms with E-state index in [1.165, 1.54) is 87.6 Å². The van der Waals surface area contributed by atoms with Gasteiger partial charge in [0.25, 0.3) is 0 Å². The molecular weight excluding hydrogens is 1560 g/mol. The Balaban J connectivity index is 0.000000131. The molecule has 10 nitrogen and oxygen atoms in total. The van der Waals surface area contributed by atoms with Crippen molar-refractivity contribution in [2.75, 3.05) is 0 Å². The molecule has 0 unspecified atom stereocenters. The van der Waals surface area contributed by atoms with Crippen molar-refractivity contribution in [2.45, 2.75) is 38.9 Å². The van der Waals surface area contributed by atoms with Gasteiger partial charge >= 0.3 is 7.12 Å². The van der Waals surface area contributed by atoms with Crippen LogP contribution in [-0.4, -0.2) is 58.2 Å². The quantitative estimate of drug-likeness (QED) is 0.0768. The van der Waals surface area contributed by atoms with Gasteiger partial charge in [0.1, 0.15) is 0 Å². The van der Waals surface area contributed by atoms with Gasteiger partial charge < -0.3 is 9.31 Å². The zero-order valence-corrected chi connectivity index (χ0v) is 69.2. The predicted molar refractivity (Wildman–Crippen MR) is 506 cm³/mol. The zero-order chi connectivity index (χ0) is 82.5. The summed E-state index contributed by atoms with van der Waals surface area (Å²) in [5, 5.41) is 9.58. The maximum absolute atomic E-state index is 6.15. The number of fused-ring (bicyclic) bond motifs is 6. The van der Waals surface area contributed by atoms with Crippen LogP contribution >= 0.6 is 15.9 Å². The van der Waals surface area contributed by atoms with Crippen LogP contribution in [0.3, 0.4) is 0 Å². The van der Waals surface area contributed by atoms with Crippen LogP contribution in [0.25, 0.3) is 189 Å². The SMILES string of the molecule is Brc1ccc(-c2cccc(-c3ccc(-c4nc(-c5ccccc5)nc(-c5ccc(-c6ccccc6)cc5)n4)cc3)c2)cc1.CC1(C)OB(c2ccc3c(ccc4ccncc43)c2)OC1(C)C.c1ccc(-c2ccc(-c3nc(-c4ccccc4)nc(-c4ccc(-c5cccc(-c6ccc(-c7ccc8c(ccc9ccncc98)c7)cc6)c5)cc4)n3)cc2)cc1. The first kappa shape index (κ1) is 77.3. The Kier molecular flexibility index (Phi) is 21.5. The average molecular weight is 1640 g/mol. The fourth-order valence-electron chi connectivity index (χ4n) is 15.6. The molecule has 0 saturated carbocycles. The van der Waals surface area contributed by atoms with Crippen molar-refractivity contribution < 1.29 is 9.31 Å². The maximum Gasteiger partial charge on any atom is 0.494 e. The largest absolute Gasteiger partial charge is 0.494 e. The lowest BCUT2D eigenvalue weighted by Crippen LogP contribution is -2.41. The van der Waals surface area contributed by atoms with Gasteiger partial charge in [-0.25, -0.2) is 29.9 Å². The summed E-state index contributed by atoms with van der Waals surface area (Å²) in [6.45, 7) is 8.31. The Bertz CT molecular complexity index is 7140. The third kappa shape index (κ3) is 16.7. The highest BCUT2D eigenvalue weighted by atomic mass is 79.9. The summed E-state index contributed by atoms with van der Waals surface area (Å²) in [4.78, 5) is 38.2. The molecule has 0 spiro atoms. The van der Waals surface area contributed by atoms with E-state index in [0.717, 1.165) is 76.7 Å². The van der Waals surface area contributed by atoms with Crippen molar-refractivity contribution in [1.29, 1.82) is 0 Å². The van der Waals surface area contributed by atoms with E-state index in [4.69, 9.17) is 39.2 Å². The number of hydrogen-bond donors (Lipinski definition) is 0. The zero-order valence-electron chi connectivity index (χ0n) is 67.6. The highest BCUT2D eigenvalue weighted by Crippen LogP contribution is 2.40. The molecule has 582 valence electrons. The van der Waals surface area contributed by atoms with Crippen molar-refractivity contribution in [1.82, 2.24) is 39.9 Å². The molecule has 0 aliphatic carbocycles. The molecule has 122 heavy (non-hydrogen) atoms.